The second kappa shape index (κ2) is 5.74. The van der Waals surface area contributed by atoms with Crippen LogP contribution >= 0.6 is 11.6 Å². The fourth-order valence-corrected chi connectivity index (χ4v) is 3.69. The Balaban J connectivity index is 1.89. The molecule has 0 saturated carbocycles. The summed E-state index contributed by atoms with van der Waals surface area (Å²) in [5, 5.41) is 1.29. The average Bonchev–Trinajstić information content (AvgIpc) is 2.89. The van der Waals surface area contributed by atoms with Gasteiger partial charge in [0.2, 0.25) is 0 Å². The van der Waals surface area contributed by atoms with E-state index in [4.69, 9.17) is 16.3 Å². The van der Waals surface area contributed by atoms with Gasteiger partial charge in [-0.1, -0.05) is 42.5 Å². The first kappa shape index (κ1) is 14.3. The maximum absolute atomic E-state index is 10.9. The first-order valence-electron chi connectivity index (χ1n) is 7.76. The minimum absolute atomic E-state index is 0.273. The van der Waals surface area contributed by atoms with E-state index in [9.17, 15) is 4.79 Å². The first-order valence-corrected chi connectivity index (χ1v) is 8.14. The van der Waals surface area contributed by atoms with Gasteiger partial charge in [-0.05, 0) is 30.0 Å². The molecule has 4 heteroatoms. The molecular weight excluding hydrogens is 310 g/mol. The van der Waals surface area contributed by atoms with Crippen molar-refractivity contribution < 1.29 is 9.53 Å². The SMILES string of the molecule is O=C(Cl)OCCn1c2c(c3ccccc31)CCc1ccccc1-2. The van der Waals surface area contributed by atoms with Gasteiger partial charge >= 0.3 is 5.43 Å². The van der Waals surface area contributed by atoms with Gasteiger partial charge in [-0.2, -0.15) is 0 Å². The molecule has 1 aliphatic carbocycles. The first-order chi connectivity index (χ1) is 11.3. The third-order valence-electron chi connectivity index (χ3n) is 4.52. The maximum Gasteiger partial charge on any atom is 0.403 e. The Morgan fingerprint density at radius 2 is 1.87 bits per heavy atom. The molecule has 2 aromatic carbocycles. The van der Waals surface area contributed by atoms with E-state index in [1.54, 1.807) is 0 Å². The van der Waals surface area contributed by atoms with Crippen molar-refractivity contribution in [3.05, 3.63) is 59.7 Å². The molecule has 1 aliphatic rings. The van der Waals surface area contributed by atoms with Crippen molar-refractivity contribution in [2.24, 2.45) is 0 Å². The van der Waals surface area contributed by atoms with E-state index in [1.807, 2.05) is 6.07 Å². The van der Waals surface area contributed by atoms with Crippen molar-refractivity contribution >= 4 is 27.9 Å². The molecule has 0 bridgehead atoms. The van der Waals surface area contributed by atoms with Crippen molar-refractivity contribution in [2.75, 3.05) is 6.61 Å². The minimum atomic E-state index is -0.754. The van der Waals surface area contributed by atoms with Gasteiger partial charge in [0.05, 0.1) is 12.2 Å². The molecule has 0 N–H and O–H groups in total. The number of para-hydroxylation sites is 1. The highest BCUT2D eigenvalue weighted by molar-refractivity contribution is 6.61. The fraction of sp³-hybridized carbons (Fsp3) is 0.211. The molecule has 1 aromatic heterocycles. The van der Waals surface area contributed by atoms with Crippen LogP contribution in [0.5, 0.6) is 0 Å². The number of hydrogen-bond acceptors (Lipinski definition) is 2. The number of carbonyl (C=O) groups excluding carboxylic acids is 1. The summed E-state index contributed by atoms with van der Waals surface area (Å²) >= 11 is 5.29. The van der Waals surface area contributed by atoms with Crippen molar-refractivity contribution in [2.45, 2.75) is 19.4 Å². The lowest BCUT2D eigenvalue weighted by Crippen LogP contribution is -2.11. The number of aryl methyl sites for hydroxylation is 2. The average molecular weight is 326 g/mol. The van der Waals surface area contributed by atoms with Crippen LogP contribution in [-0.4, -0.2) is 16.6 Å². The molecule has 0 fully saturated rings. The van der Waals surface area contributed by atoms with Crippen LogP contribution in [0, 0.1) is 0 Å². The Labute approximate surface area is 139 Å². The summed E-state index contributed by atoms with van der Waals surface area (Å²) in [6, 6.07) is 17.0. The molecule has 4 rings (SSSR count). The van der Waals surface area contributed by atoms with E-state index in [-0.39, 0.29) is 6.61 Å². The Bertz CT molecular complexity index is 898. The molecule has 0 aliphatic heterocycles. The number of nitrogens with zero attached hydrogens (tertiary/aromatic N) is 1. The van der Waals surface area contributed by atoms with Crippen LogP contribution in [0.15, 0.2) is 48.5 Å². The summed E-state index contributed by atoms with van der Waals surface area (Å²) in [7, 11) is 0. The predicted octanol–water partition coefficient (Wildman–Crippen LogP) is 4.78. The molecular formula is C19H16ClNO2. The molecule has 1 heterocycles. The lowest BCUT2D eigenvalue weighted by atomic mass is 9.89. The number of aromatic nitrogens is 1. The Hall–Kier alpha value is -2.26. The molecule has 0 saturated heterocycles. The van der Waals surface area contributed by atoms with E-state index in [2.05, 4.69) is 47.0 Å². The van der Waals surface area contributed by atoms with Gasteiger partial charge in [-0.25, -0.2) is 4.79 Å². The Morgan fingerprint density at radius 3 is 2.74 bits per heavy atom. The van der Waals surface area contributed by atoms with Crippen molar-refractivity contribution in [1.82, 2.24) is 4.57 Å². The van der Waals surface area contributed by atoms with Gasteiger partial charge in [0.25, 0.3) is 0 Å². The van der Waals surface area contributed by atoms with E-state index in [0.29, 0.717) is 6.54 Å². The normalized spacial score (nSPS) is 12.7. The van der Waals surface area contributed by atoms with Crippen LogP contribution in [0.3, 0.4) is 0 Å². The molecule has 0 atom stereocenters. The summed E-state index contributed by atoms with van der Waals surface area (Å²) in [5.41, 5.74) is 5.71. The molecule has 23 heavy (non-hydrogen) atoms. The Morgan fingerprint density at radius 1 is 1.09 bits per heavy atom. The van der Waals surface area contributed by atoms with Crippen LogP contribution < -0.4 is 0 Å². The summed E-state index contributed by atoms with van der Waals surface area (Å²) in [4.78, 5) is 10.9. The highest BCUT2D eigenvalue weighted by Gasteiger charge is 2.23. The number of benzene rings is 2. The molecule has 3 aromatic rings. The zero-order valence-electron chi connectivity index (χ0n) is 12.6. The smallest absolute Gasteiger partial charge is 0.403 e. The number of fused-ring (bicyclic) bond motifs is 5. The van der Waals surface area contributed by atoms with E-state index in [1.165, 1.54) is 33.3 Å². The van der Waals surface area contributed by atoms with E-state index in [0.717, 1.165) is 12.8 Å². The number of rotatable bonds is 3. The highest BCUT2D eigenvalue weighted by atomic mass is 35.5. The maximum atomic E-state index is 10.9. The molecule has 3 nitrogen and oxygen atoms in total. The topological polar surface area (TPSA) is 31.2 Å². The van der Waals surface area contributed by atoms with E-state index < -0.39 is 5.43 Å². The monoisotopic (exact) mass is 325 g/mol. The zero-order valence-corrected chi connectivity index (χ0v) is 13.3. The van der Waals surface area contributed by atoms with Gasteiger partial charge in [0.15, 0.2) is 0 Å². The largest absolute Gasteiger partial charge is 0.452 e. The number of halogens is 1. The predicted molar refractivity (Wildman–Crippen MR) is 92.0 cm³/mol. The van der Waals surface area contributed by atoms with E-state index >= 15 is 0 Å². The van der Waals surface area contributed by atoms with Gasteiger partial charge in [-0.15, -0.1) is 0 Å². The quantitative estimate of drug-likeness (QED) is 0.649. The summed E-state index contributed by atoms with van der Waals surface area (Å²) < 4.78 is 7.20. The molecule has 0 unspecified atom stereocenters. The second-order valence-electron chi connectivity index (χ2n) is 5.74. The van der Waals surface area contributed by atoms with Gasteiger partial charge in [0, 0.05) is 28.1 Å². The molecule has 0 amide bonds. The van der Waals surface area contributed by atoms with Crippen molar-refractivity contribution in [3.63, 3.8) is 0 Å². The summed E-state index contributed by atoms with van der Waals surface area (Å²) in [6.45, 7) is 0.873. The third kappa shape index (κ3) is 2.41. The molecule has 116 valence electrons. The van der Waals surface area contributed by atoms with Crippen molar-refractivity contribution in [1.29, 1.82) is 0 Å². The third-order valence-corrected chi connectivity index (χ3v) is 4.63. The standard InChI is InChI=1S/C19H16ClNO2/c20-19(22)23-12-11-21-17-8-4-3-7-15(17)16-10-9-13-5-1-2-6-14(13)18(16)21/h1-8H,9-12H2. The zero-order chi connectivity index (χ0) is 15.8. The van der Waals surface area contributed by atoms with Crippen LogP contribution in [0.25, 0.3) is 22.2 Å². The minimum Gasteiger partial charge on any atom is -0.452 e. The van der Waals surface area contributed by atoms with Gasteiger partial charge in [-0.3, -0.25) is 0 Å². The Kier molecular flexibility index (Phi) is 3.58. The molecule has 0 spiro atoms. The van der Waals surface area contributed by atoms with Crippen molar-refractivity contribution in [3.8, 4) is 11.3 Å². The second-order valence-corrected chi connectivity index (χ2v) is 6.05. The summed E-state index contributed by atoms with van der Waals surface area (Å²) in [5.74, 6) is 0. The number of ether oxygens (including phenoxy) is 1. The lowest BCUT2D eigenvalue weighted by Gasteiger charge is -2.19. The van der Waals surface area contributed by atoms with Crippen LogP contribution in [0.2, 0.25) is 0 Å². The summed E-state index contributed by atoms with van der Waals surface area (Å²) in [6.07, 6.45) is 2.10. The van der Waals surface area contributed by atoms with Crippen LogP contribution in [0.1, 0.15) is 11.1 Å². The van der Waals surface area contributed by atoms with Crippen LogP contribution in [0.4, 0.5) is 4.79 Å². The number of carbonyl (C=O) groups is 1. The highest BCUT2D eigenvalue weighted by Crippen LogP contribution is 2.39. The fourth-order valence-electron chi connectivity index (χ4n) is 3.61. The van der Waals surface area contributed by atoms with Crippen LogP contribution in [-0.2, 0) is 24.1 Å². The molecule has 0 radical (unpaired) electrons. The van der Waals surface area contributed by atoms with Gasteiger partial charge < -0.3 is 9.30 Å². The number of hydrogen-bond donors (Lipinski definition) is 0. The lowest BCUT2D eigenvalue weighted by molar-refractivity contribution is 0.169. The van der Waals surface area contributed by atoms with Gasteiger partial charge in [0.1, 0.15) is 6.61 Å².